The van der Waals surface area contributed by atoms with E-state index in [2.05, 4.69) is 0 Å². The molecule has 0 spiro atoms. The standard InChI is InChI=1S/C14H12Cl2FNO2S/c1-18(9-12-13(16)3-2-4-14(12)17)21(19,20)11-7-5-10(15)6-8-11/h2-8H,9H2,1H3. The van der Waals surface area contributed by atoms with Crippen LogP contribution in [0.25, 0.3) is 0 Å². The average molecular weight is 348 g/mol. The zero-order chi connectivity index (χ0) is 15.6. The van der Waals surface area contributed by atoms with Crippen LogP contribution in [0.2, 0.25) is 10.0 Å². The lowest BCUT2D eigenvalue weighted by atomic mass is 10.2. The van der Waals surface area contributed by atoms with Gasteiger partial charge in [-0.1, -0.05) is 29.3 Å². The van der Waals surface area contributed by atoms with Gasteiger partial charge in [0, 0.05) is 29.2 Å². The zero-order valence-electron chi connectivity index (χ0n) is 11.1. The normalized spacial score (nSPS) is 11.9. The molecule has 0 unspecified atom stereocenters. The Morgan fingerprint density at radius 2 is 1.71 bits per heavy atom. The first kappa shape index (κ1) is 16.2. The van der Waals surface area contributed by atoms with Gasteiger partial charge < -0.3 is 0 Å². The van der Waals surface area contributed by atoms with Crippen molar-refractivity contribution in [2.45, 2.75) is 11.4 Å². The summed E-state index contributed by atoms with van der Waals surface area (Å²) in [7, 11) is -2.37. The van der Waals surface area contributed by atoms with Crippen molar-refractivity contribution in [3.8, 4) is 0 Å². The van der Waals surface area contributed by atoms with Crippen LogP contribution in [0, 0.1) is 5.82 Å². The van der Waals surface area contributed by atoms with Gasteiger partial charge >= 0.3 is 0 Å². The Balaban J connectivity index is 2.31. The minimum Gasteiger partial charge on any atom is -0.207 e. The van der Waals surface area contributed by atoms with Gasteiger partial charge in [-0.3, -0.25) is 0 Å². The van der Waals surface area contributed by atoms with E-state index in [1.54, 1.807) is 0 Å². The molecule has 0 aliphatic carbocycles. The predicted octanol–water partition coefficient (Wildman–Crippen LogP) is 3.95. The summed E-state index contributed by atoms with van der Waals surface area (Å²) in [5, 5.41) is 0.627. The van der Waals surface area contributed by atoms with Gasteiger partial charge in [-0.05, 0) is 36.4 Å². The van der Waals surface area contributed by atoms with Gasteiger partial charge in [0.15, 0.2) is 0 Å². The molecule has 0 N–H and O–H groups in total. The van der Waals surface area contributed by atoms with Crippen LogP contribution in [-0.2, 0) is 16.6 Å². The van der Waals surface area contributed by atoms with Crippen molar-refractivity contribution < 1.29 is 12.8 Å². The molecule has 112 valence electrons. The van der Waals surface area contributed by atoms with E-state index in [1.165, 1.54) is 49.5 Å². The van der Waals surface area contributed by atoms with Crippen molar-refractivity contribution in [3.05, 3.63) is 63.9 Å². The van der Waals surface area contributed by atoms with E-state index in [9.17, 15) is 12.8 Å². The SMILES string of the molecule is CN(Cc1c(F)cccc1Cl)S(=O)(=O)c1ccc(Cl)cc1. The Labute approximate surface area is 133 Å². The molecule has 0 radical (unpaired) electrons. The molecule has 0 fully saturated rings. The van der Waals surface area contributed by atoms with Crippen molar-refractivity contribution in [1.29, 1.82) is 0 Å². The summed E-state index contributed by atoms with van der Waals surface area (Å²) in [5.41, 5.74) is 0.138. The number of hydrogen-bond donors (Lipinski definition) is 0. The van der Waals surface area contributed by atoms with Crippen molar-refractivity contribution in [2.24, 2.45) is 0 Å². The fourth-order valence-electron chi connectivity index (χ4n) is 1.78. The number of sulfonamides is 1. The maximum Gasteiger partial charge on any atom is 0.243 e. The third-order valence-electron chi connectivity index (χ3n) is 2.96. The van der Waals surface area contributed by atoms with Crippen molar-refractivity contribution in [1.82, 2.24) is 4.31 Å². The summed E-state index contributed by atoms with van der Waals surface area (Å²) in [6.45, 7) is -0.156. The van der Waals surface area contributed by atoms with Gasteiger partial charge in [0.25, 0.3) is 0 Å². The van der Waals surface area contributed by atoms with E-state index in [4.69, 9.17) is 23.2 Å². The molecule has 7 heteroatoms. The molecule has 0 aromatic heterocycles. The van der Waals surface area contributed by atoms with Crippen LogP contribution in [0.5, 0.6) is 0 Å². The van der Waals surface area contributed by atoms with Crippen molar-refractivity contribution >= 4 is 33.2 Å². The van der Waals surface area contributed by atoms with Crippen LogP contribution in [0.15, 0.2) is 47.4 Å². The van der Waals surface area contributed by atoms with Gasteiger partial charge in [0.1, 0.15) is 5.82 Å². The topological polar surface area (TPSA) is 37.4 Å². The molecule has 0 atom stereocenters. The first-order valence-corrected chi connectivity index (χ1v) is 8.17. The molecule has 0 bridgehead atoms. The summed E-state index contributed by atoms with van der Waals surface area (Å²) >= 11 is 11.6. The van der Waals surface area contributed by atoms with Crippen LogP contribution in [0.3, 0.4) is 0 Å². The van der Waals surface area contributed by atoms with Gasteiger partial charge in [-0.15, -0.1) is 0 Å². The lowest BCUT2D eigenvalue weighted by Gasteiger charge is -2.18. The molecule has 0 aliphatic rings. The highest BCUT2D eigenvalue weighted by atomic mass is 35.5. The molecular weight excluding hydrogens is 336 g/mol. The molecule has 21 heavy (non-hydrogen) atoms. The van der Waals surface area contributed by atoms with Gasteiger partial charge in [0.05, 0.1) is 4.90 Å². The van der Waals surface area contributed by atoms with E-state index < -0.39 is 15.8 Å². The van der Waals surface area contributed by atoms with Gasteiger partial charge in [-0.2, -0.15) is 4.31 Å². The van der Waals surface area contributed by atoms with Crippen molar-refractivity contribution in [2.75, 3.05) is 7.05 Å². The Hall–Kier alpha value is -1.14. The highest BCUT2D eigenvalue weighted by Crippen LogP contribution is 2.24. The molecule has 0 aliphatic heterocycles. The molecule has 0 heterocycles. The molecule has 2 rings (SSSR count). The molecule has 3 nitrogen and oxygen atoms in total. The minimum absolute atomic E-state index is 0.0851. The number of halogens is 3. The summed E-state index contributed by atoms with van der Waals surface area (Å²) in [4.78, 5) is 0.0851. The molecular formula is C14H12Cl2FNO2S. The minimum atomic E-state index is -3.74. The van der Waals surface area contributed by atoms with Crippen molar-refractivity contribution in [3.63, 3.8) is 0 Å². The van der Waals surface area contributed by atoms with E-state index in [-0.39, 0.29) is 22.0 Å². The number of hydrogen-bond acceptors (Lipinski definition) is 2. The van der Waals surface area contributed by atoms with Gasteiger partial charge in [0.2, 0.25) is 10.0 Å². The molecule has 0 saturated heterocycles. The van der Waals surface area contributed by atoms with Crippen LogP contribution in [-0.4, -0.2) is 19.8 Å². The summed E-state index contributed by atoms with van der Waals surface area (Å²) in [6, 6.07) is 9.99. The number of rotatable bonds is 4. The second-order valence-corrected chi connectivity index (χ2v) is 7.30. The van der Waals surface area contributed by atoms with E-state index in [0.717, 1.165) is 4.31 Å². The lowest BCUT2D eigenvalue weighted by molar-refractivity contribution is 0.456. The average Bonchev–Trinajstić information content (AvgIpc) is 2.43. The van der Waals surface area contributed by atoms with E-state index >= 15 is 0 Å². The van der Waals surface area contributed by atoms with Crippen LogP contribution < -0.4 is 0 Å². The third-order valence-corrected chi connectivity index (χ3v) is 5.39. The quantitative estimate of drug-likeness (QED) is 0.839. The highest BCUT2D eigenvalue weighted by molar-refractivity contribution is 7.89. The smallest absolute Gasteiger partial charge is 0.207 e. The molecule has 2 aromatic rings. The van der Waals surface area contributed by atoms with Crippen LogP contribution in [0.4, 0.5) is 4.39 Å². The lowest BCUT2D eigenvalue weighted by Crippen LogP contribution is -2.27. The summed E-state index contributed by atoms with van der Waals surface area (Å²) < 4.78 is 39.5. The van der Waals surface area contributed by atoms with Gasteiger partial charge in [-0.25, -0.2) is 12.8 Å². The van der Waals surface area contributed by atoms with E-state index in [0.29, 0.717) is 5.02 Å². The maximum absolute atomic E-state index is 13.7. The number of benzene rings is 2. The molecule has 0 amide bonds. The first-order chi connectivity index (χ1) is 9.82. The Kier molecular flexibility index (Phi) is 4.88. The monoisotopic (exact) mass is 347 g/mol. The molecule has 2 aromatic carbocycles. The summed E-state index contributed by atoms with van der Waals surface area (Å²) in [5.74, 6) is -0.541. The second-order valence-electron chi connectivity index (χ2n) is 4.42. The van der Waals surface area contributed by atoms with Crippen LogP contribution >= 0.6 is 23.2 Å². The fraction of sp³-hybridized carbons (Fsp3) is 0.143. The Bertz CT molecular complexity index is 728. The Morgan fingerprint density at radius 3 is 2.29 bits per heavy atom. The predicted molar refractivity (Wildman–Crippen MR) is 81.5 cm³/mol. The fourth-order valence-corrected chi connectivity index (χ4v) is 3.27. The maximum atomic E-state index is 13.7. The largest absolute Gasteiger partial charge is 0.243 e. The highest BCUT2D eigenvalue weighted by Gasteiger charge is 2.22. The second kappa shape index (κ2) is 6.32. The Morgan fingerprint density at radius 1 is 1.10 bits per heavy atom. The molecule has 0 saturated carbocycles. The van der Waals surface area contributed by atoms with Crippen LogP contribution in [0.1, 0.15) is 5.56 Å². The first-order valence-electron chi connectivity index (χ1n) is 5.97. The zero-order valence-corrected chi connectivity index (χ0v) is 13.4. The third kappa shape index (κ3) is 3.55. The summed E-state index contributed by atoms with van der Waals surface area (Å²) in [6.07, 6.45) is 0. The van der Waals surface area contributed by atoms with E-state index in [1.807, 2.05) is 0 Å². The number of nitrogens with zero attached hydrogens (tertiary/aromatic N) is 1.